The number of rotatable bonds is 6. The molecule has 0 saturated heterocycles. The minimum Gasteiger partial charge on any atom is -0.318 e. The fourth-order valence-electron chi connectivity index (χ4n) is 2.37. The van der Waals surface area contributed by atoms with E-state index >= 15 is 0 Å². The summed E-state index contributed by atoms with van der Waals surface area (Å²) in [5.41, 5.74) is 1.75. The second kappa shape index (κ2) is 7.97. The van der Waals surface area contributed by atoms with Crippen LogP contribution in [0.3, 0.4) is 0 Å². The highest BCUT2D eigenvalue weighted by Crippen LogP contribution is 2.31. The normalized spacial score (nSPS) is 11.0. The van der Waals surface area contributed by atoms with Crippen LogP contribution < -0.4 is 5.32 Å². The number of aromatic nitrogens is 4. The molecule has 0 unspecified atom stereocenters. The molecule has 0 aliphatic carbocycles. The molecule has 0 saturated carbocycles. The van der Waals surface area contributed by atoms with E-state index in [1.54, 1.807) is 49.4 Å². The maximum atomic E-state index is 11.3. The summed E-state index contributed by atoms with van der Waals surface area (Å²) in [7, 11) is 0. The lowest BCUT2D eigenvalue weighted by molar-refractivity contribution is -0.384. The lowest BCUT2D eigenvalue weighted by Gasteiger charge is -2.05. The minimum atomic E-state index is -0.655. The number of aryl methyl sites for hydroxylation is 1. The molecule has 2 heterocycles. The average Bonchev–Trinajstić information content (AvgIpc) is 3.04. The molecule has 0 spiro atoms. The summed E-state index contributed by atoms with van der Waals surface area (Å²) in [6, 6.07) is 8.63. The van der Waals surface area contributed by atoms with Gasteiger partial charge in [-0.25, -0.2) is 9.97 Å². The Labute approximate surface area is 164 Å². The summed E-state index contributed by atoms with van der Waals surface area (Å²) >= 11 is 6.01. The molecule has 3 aromatic rings. The van der Waals surface area contributed by atoms with Crippen molar-refractivity contribution in [2.75, 3.05) is 5.32 Å². The van der Waals surface area contributed by atoms with Crippen LogP contribution in [0.4, 0.5) is 17.3 Å². The smallest absolute Gasteiger partial charge is 0.318 e. The van der Waals surface area contributed by atoms with Gasteiger partial charge in [0.2, 0.25) is 11.0 Å². The van der Waals surface area contributed by atoms with E-state index in [9.17, 15) is 14.9 Å². The first-order chi connectivity index (χ1) is 13.3. The first-order valence-corrected chi connectivity index (χ1v) is 8.51. The molecule has 0 amide bonds. The van der Waals surface area contributed by atoms with Gasteiger partial charge in [-0.15, -0.1) is 0 Å². The molecule has 0 bridgehead atoms. The molecule has 2 aromatic heterocycles. The van der Waals surface area contributed by atoms with Crippen LogP contribution in [-0.2, 0) is 0 Å². The van der Waals surface area contributed by atoms with Crippen LogP contribution in [0.1, 0.15) is 34.4 Å². The Morgan fingerprint density at radius 1 is 1.25 bits per heavy atom. The average molecular weight is 399 g/mol. The standard InChI is InChI=1S/C18H15ClN6O3/c1-10-9-15(24-23-10)22-18-16(25(27)28)17(19)20-14(21-18)8-5-12-3-6-13(7-4-12)11(2)26/h3-9H,1-2H3,(H2,20,21,22,23,24)/b8-5+. The number of H-pyrrole nitrogens is 1. The van der Waals surface area contributed by atoms with Crippen molar-refractivity contribution in [3.05, 3.63) is 68.2 Å². The molecule has 3 rings (SSSR count). The number of ketones is 1. The minimum absolute atomic E-state index is 0.0228. The Morgan fingerprint density at radius 2 is 1.96 bits per heavy atom. The van der Waals surface area contributed by atoms with E-state index in [1.807, 2.05) is 0 Å². The molecule has 0 atom stereocenters. The number of carbonyl (C=O) groups excluding carboxylic acids is 1. The summed E-state index contributed by atoms with van der Waals surface area (Å²) in [5, 5.41) is 20.5. The predicted octanol–water partition coefficient (Wildman–Crippen LogP) is 4.19. The Hall–Kier alpha value is -3.59. The number of nitro groups is 1. The number of Topliss-reactive ketones (excluding diaryl/α,β-unsaturated/α-hetero) is 1. The Balaban J connectivity index is 1.92. The maximum absolute atomic E-state index is 11.3. The molecule has 0 radical (unpaired) electrons. The zero-order chi connectivity index (χ0) is 20.3. The van der Waals surface area contributed by atoms with Gasteiger partial charge in [-0.3, -0.25) is 20.0 Å². The monoisotopic (exact) mass is 398 g/mol. The van der Waals surface area contributed by atoms with Gasteiger partial charge >= 0.3 is 5.69 Å². The zero-order valence-corrected chi connectivity index (χ0v) is 15.7. The highest BCUT2D eigenvalue weighted by atomic mass is 35.5. The number of aromatic amines is 1. The van der Waals surface area contributed by atoms with Crippen molar-refractivity contribution >= 4 is 46.9 Å². The van der Waals surface area contributed by atoms with E-state index in [-0.39, 0.29) is 22.6 Å². The highest BCUT2D eigenvalue weighted by Gasteiger charge is 2.23. The van der Waals surface area contributed by atoms with Crippen LogP contribution in [-0.4, -0.2) is 30.9 Å². The van der Waals surface area contributed by atoms with Gasteiger partial charge in [0.1, 0.15) is 0 Å². The van der Waals surface area contributed by atoms with Crippen molar-refractivity contribution in [1.82, 2.24) is 20.2 Å². The fourth-order valence-corrected chi connectivity index (χ4v) is 2.62. The second-order valence-corrected chi connectivity index (χ2v) is 6.26. The molecule has 0 aliphatic rings. The molecule has 142 valence electrons. The summed E-state index contributed by atoms with van der Waals surface area (Å²) in [6.45, 7) is 3.29. The molecular formula is C18H15ClN6O3. The van der Waals surface area contributed by atoms with Gasteiger partial charge in [0.15, 0.2) is 17.4 Å². The van der Waals surface area contributed by atoms with E-state index in [2.05, 4.69) is 25.5 Å². The molecule has 1 aromatic carbocycles. The number of anilines is 2. The second-order valence-electron chi connectivity index (χ2n) is 5.90. The van der Waals surface area contributed by atoms with Crippen LogP contribution >= 0.6 is 11.6 Å². The van der Waals surface area contributed by atoms with Crippen LogP contribution in [0.2, 0.25) is 5.15 Å². The Morgan fingerprint density at radius 3 is 2.54 bits per heavy atom. The Bertz CT molecular complexity index is 1080. The van der Waals surface area contributed by atoms with Crippen molar-refractivity contribution in [3.63, 3.8) is 0 Å². The quantitative estimate of drug-likeness (QED) is 0.276. The molecule has 9 nitrogen and oxygen atoms in total. The van der Waals surface area contributed by atoms with E-state index in [0.717, 1.165) is 11.3 Å². The number of carbonyl (C=O) groups is 1. The van der Waals surface area contributed by atoms with Gasteiger partial charge in [0.05, 0.1) is 4.92 Å². The van der Waals surface area contributed by atoms with Crippen LogP contribution in [0, 0.1) is 17.0 Å². The van der Waals surface area contributed by atoms with Crippen molar-refractivity contribution in [2.24, 2.45) is 0 Å². The predicted molar refractivity (Wildman–Crippen MR) is 106 cm³/mol. The van der Waals surface area contributed by atoms with Gasteiger partial charge < -0.3 is 5.32 Å². The third-order valence-corrected chi connectivity index (χ3v) is 4.00. The molecular weight excluding hydrogens is 384 g/mol. The zero-order valence-electron chi connectivity index (χ0n) is 14.9. The largest absolute Gasteiger partial charge is 0.348 e. The number of halogens is 1. The summed E-state index contributed by atoms with van der Waals surface area (Å²) in [5.74, 6) is 0.458. The lowest BCUT2D eigenvalue weighted by Crippen LogP contribution is -2.04. The first-order valence-electron chi connectivity index (χ1n) is 8.13. The van der Waals surface area contributed by atoms with Crippen molar-refractivity contribution in [1.29, 1.82) is 0 Å². The number of benzene rings is 1. The Kier molecular flexibility index (Phi) is 5.46. The van der Waals surface area contributed by atoms with Gasteiger partial charge in [-0.2, -0.15) is 5.10 Å². The number of hydrogen-bond donors (Lipinski definition) is 2. The SMILES string of the molecule is CC(=O)c1ccc(/C=C/c2nc(Cl)c([N+](=O)[O-])c(Nc3cc(C)[nH]n3)n2)cc1. The maximum Gasteiger partial charge on any atom is 0.348 e. The topological polar surface area (TPSA) is 127 Å². The highest BCUT2D eigenvalue weighted by molar-refractivity contribution is 6.32. The number of nitrogens with zero attached hydrogens (tertiary/aromatic N) is 4. The molecule has 0 aliphatic heterocycles. The van der Waals surface area contributed by atoms with Gasteiger partial charge in [0, 0.05) is 17.3 Å². The molecule has 10 heteroatoms. The summed E-state index contributed by atoms with van der Waals surface area (Å²) < 4.78 is 0. The van der Waals surface area contributed by atoms with Crippen molar-refractivity contribution in [3.8, 4) is 0 Å². The third kappa shape index (κ3) is 4.38. The number of hydrogen-bond acceptors (Lipinski definition) is 7. The number of nitrogens with one attached hydrogen (secondary N) is 2. The van der Waals surface area contributed by atoms with Crippen molar-refractivity contribution in [2.45, 2.75) is 13.8 Å². The van der Waals surface area contributed by atoms with Gasteiger partial charge in [-0.05, 0) is 25.5 Å². The third-order valence-electron chi connectivity index (χ3n) is 3.74. The molecule has 0 fully saturated rings. The van der Waals surface area contributed by atoms with E-state index in [4.69, 9.17) is 11.6 Å². The van der Waals surface area contributed by atoms with E-state index < -0.39 is 10.6 Å². The fraction of sp³-hybridized carbons (Fsp3) is 0.111. The van der Waals surface area contributed by atoms with Crippen molar-refractivity contribution < 1.29 is 9.72 Å². The van der Waals surface area contributed by atoms with E-state index in [1.165, 1.54) is 6.92 Å². The van der Waals surface area contributed by atoms with E-state index in [0.29, 0.717) is 11.4 Å². The first kappa shape index (κ1) is 19.2. The van der Waals surface area contributed by atoms with Crippen LogP contribution in [0.25, 0.3) is 12.2 Å². The summed E-state index contributed by atoms with van der Waals surface area (Å²) in [6.07, 6.45) is 3.28. The van der Waals surface area contributed by atoms with Gasteiger partial charge in [0.25, 0.3) is 0 Å². The summed E-state index contributed by atoms with van der Waals surface area (Å²) in [4.78, 5) is 30.2. The molecule has 28 heavy (non-hydrogen) atoms. The lowest BCUT2D eigenvalue weighted by atomic mass is 10.1. The van der Waals surface area contributed by atoms with Crippen LogP contribution in [0.5, 0.6) is 0 Å². The van der Waals surface area contributed by atoms with Gasteiger partial charge in [-0.1, -0.05) is 41.9 Å². The van der Waals surface area contributed by atoms with Crippen LogP contribution in [0.15, 0.2) is 30.3 Å². The molecule has 2 N–H and O–H groups in total.